The summed E-state index contributed by atoms with van der Waals surface area (Å²) in [7, 11) is 0. The maximum absolute atomic E-state index is 12.9. The van der Waals surface area contributed by atoms with Crippen LogP contribution >= 0.6 is 23.4 Å². The normalized spacial score (nSPS) is 11.4. The van der Waals surface area contributed by atoms with Gasteiger partial charge in [-0.25, -0.2) is 0 Å². The van der Waals surface area contributed by atoms with E-state index in [1.165, 1.54) is 24.3 Å². The Hall–Kier alpha value is -1.46. The van der Waals surface area contributed by atoms with Crippen molar-refractivity contribution in [2.45, 2.75) is 16.0 Å². The van der Waals surface area contributed by atoms with Gasteiger partial charge in [-0.1, -0.05) is 35.5 Å². The number of benzene rings is 2. The van der Waals surface area contributed by atoms with Gasteiger partial charge in [0.25, 0.3) is 0 Å². The van der Waals surface area contributed by atoms with Crippen LogP contribution < -0.4 is 0 Å². The largest absolute Gasteiger partial charge is 0.417 e. The van der Waals surface area contributed by atoms with Crippen molar-refractivity contribution < 1.29 is 18.0 Å². The Labute approximate surface area is 122 Å². The van der Waals surface area contributed by atoms with Gasteiger partial charge in [0.05, 0.1) is 10.6 Å². The second-order valence-electron chi connectivity index (χ2n) is 3.90. The molecule has 0 N–H and O–H groups in total. The fraction of sp³-hybridized carbons (Fsp3) is 0.0714. The quantitative estimate of drug-likeness (QED) is 0.713. The van der Waals surface area contributed by atoms with Gasteiger partial charge in [0.1, 0.15) is 0 Å². The Morgan fingerprint density at radius 1 is 1.10 bits per heavy atom. The van der Waals surface area contributed by atoms with E-state index >= 15 is 0 Å². The lowest BCUT2D eigenvalue weighted by atomic mass is 10.2. The first kappa shape index (κ1) is 14.9. The van der Waals surface area contributed by atoms with Crippen molar-refractivity contribution in [1.82, 2.24) is 0 Å². The zero-order valence-electron chi connectivity index (χ0n) is 9.95. The summed E-state index contributed by atoms with van der Waals surface area (Å²) in [5.41, 5.74) is -0.388. The number of alkyl halides is 3. The molecule has 0 atom stereocenters. The van der Waals surface area contributed by atoms with Crippen LogP contribution in [0.15, 0.2) is 52.3 Å². The third kappa shape index (κ3) is 3.35. The molecule has 0 heterocycles. The van der Waals surface area contributed by atoms with Gasteiger partial charge >= 0.3 is 6.18 Å². The molecule has 20 heavy (non-hydrogen) atoms. The van der Waals surface area contributed by atoms with Gasteiger partial charge in [-0.15, -0.1) is 0 Å². The van der Waals surface area contributed by atoms with Crippen LogP contribution in [0.4, 0.5) is 13.2 Å². The Balaban J connectivity index is 2.36. The topological polar surface area (TPSA) is 17.1 Å². The molecule has 0 saturated heterocycles. The predicted molar refractivity (Wildman–Crippen MR) is 72.4 cm³/mol. The van der Waals surface area contributed by atoms with E-state index in [0.717, 1.165) is 17.8 Å². The molecule has 2 aromatic carbocycles. The predicted octanol–water partition coefficient (Wildman–Crippen LogP) is 5.32. The molecule has 0 bridgehead atoms. The molecule has 0 unspecified atom stereocenters. The molecular weight excluding hydrogens is 309 g/mol. The molecule has 0 aliphatic heterocycles. The van der Waals surface area contributed by atoms with E-state index in [1.54, 1.807) is 12.1 Å². The van der Waals surface area contributed by atoms with Gasteiger partial charge in [-0.05, 0) is 30.3 Å². The average molecular weight is 317 g/mol. The summed E-state index contributed by atoms with van der Waals surface area (Å²) in [4.78, 5) is 11.3. The maximum atomic E-state index is 12.9. The Morgan fingerprint density at radius 2 is 1.80 bits per heavy atom. The minimum absolute atomic E-state index is 0.0925. The zero-order chi connectivity index (χ0) is 14.8. The number of carbonyl (C=O) groups excluding carboxylic acids is 1. The summed E-state index contributed by atoms with van der Waals surface area (Å²) in [5, 5.41) is 0.217. The minimum atomic E-state index is -4.41. The molecule has 2 rings (SSSR count). The number of hydrogen-bond donors (Lipinski definition) is 0. The van der Waals surface area contributed by atoms with Crippen molar-refractivity contribution in [3.05, 3.63) is 58.6 Å². The second kappa shape index (κ2) is 5.89. The highest BCUT2D eigenvalue weighted by molar-refractivity contribution is 7.99. The standard InChI is InChI=1S/C14H8ClF3OS/c15-12-7-10(6-5-9(12)8-19)20-13-4-2-1-3-11(13)14(16,17)18/h1-8H. The highest BCUT2D eigenvalue weighted by Crippen LogP contribution is 2.39. The van der Waals surface area contributed by atoms with Gasteiger partial charge in [-0.2, -0.15) is 13.2 Å². The van der Waals surface area contributed by atoms with Crippen LogP contribution in [0.3, 0.4) is 0 Å². The van der Waals surface area contributed by atoms with Crippen molar-refractivity contribution in [2.75, 3.05) is 0 Å². The Morgan fingerprint density at radius 3 is 2.40 bits per heavy atom. The zero-order valence-corrected chi connectivity index (χ0v) is 11.5. The summed E-state index contributed by atoms with van der Waals surface area (Å²) >= 11 is 6.81. The van der Waals surface area contributed by atoms with Gasteiger partial charge in [0.15, 0.2) is 6.29 Å². The summed E-state index contributed by atoms with van der Waals surface area (Å²) in [5.74, 6) is 0. The molecular formula is C14H8ClF3OS. The molecule has 0 aromatic heterocycles. The van der Waals surface area contributed by atoms with Crippen LogP contribution in [0.25, 0.3) is 0 Å². The first-order valence-corrected chi connectivity index (χ1v) is 6.70. The first-order valence-electron chi connectivity index (χ1n) is 5.50. The summed E-state index contributed by atoms with van der Waals surface area (Å²) in [6.45, 7) is 0. The van der Waals surface area contributed by atoms with E-state index in [9.17, 15) is 18.0 Å². The third-order valence-corrected chi connectivity index (χ3v) is 3.91. The molecule has 0 spiro atoms. The molecule has 1 nitrogen and oxygen atoms in total. The van der Waals surface area contributed by atoms with Gasteiger partial charge in [0.2, 0.25) is 0 Å². The van der Waals surface area contributed by atoms with Crippen molar-refractivity contribution in [3.8, 4) is 0 Å². The van der Waals surface area contributed by atoms with Crippen molar-refractivity contribution in [2.24, 2.45) is 0 Å². The van der Waals surface area contributed by atoms with Crippen LogP contribution in [0.2, 0.25) is 5.02 Å². The summed E-state index contributed by atoms with van der Waals surface area (Å²) in [6, 6.07) is 9.83. The van der Waals surface area contributed by atoms with E-state index < -0.39 is 11.7 Å². The Kier molecular flexibility index (Phi) is 4.40. The number of hydrogen-bond acceptors (Lipinski definition) is 2. The Bertz CT molecular complexity index is 641. The lowest BCUT2D eigenvalue weighted by Gasteiger charge is -2.12. The summed E-state index contributed by atoms with van der Waals surface area (Å²) in [6.07, 6.45) is -3.81. The van der Waals surface area contributed by atoms with E-state index in [0.29, 0.717) is 16.7 Å². The number of carbonyl (C=O) groups is 1. The molecule has 0 fully saturated rings. The van der Waals surface area contributed by atoms with Gasteiger partial charge < -0.3 is 0 Å². The van der Waals surface area contributed by atoms with Crippen LogP contribution in [-0.4, -0.2) is 6.29 Å². The molecule has 2 aromatic rings. The van der Waals surface area contributed by atoms with Crippen molar-refractivity contribution in [1.29, 1.82) is 0 Å². The van der Waals surface area contributed by atoms with E-state index in [2.05, 4.69) is 0 Å². The molecule has 0 radical (unpaired) electrons. The number of halogens is 4. The first-order chi connectivity index (χ1) is 9.41. The second-order valence-corrected chi connectivity index (χ2v) is 5.42. The molecule has 0 amide bonds. The molecule has 104 valence electrons. The number of rotatable bonds is 3. The molecule has 0 saturated carbocycles. The van der Waals surface area contributed by atoms with Crippen LogP contribution in [-0.2, 0) is 6.18 Å². The number of aldehydes is 1. The highest BCUT2D eigenvalue weighted by atomic mass is 35.5. The SMILES string of the molecule is O=Cc1ccc(Sc2ccccc2C(F)(F)F)cc1Cl. The lowest BCUT2D eigenvalue weighted by Crippen LogP contribution is -2.06. The summed E-state index contributed by atoms with van der Waals surface area (Å²) < 4.78 is 38.6. The third-order valence-electron chi connectivity index (χ3n) is 2.52. The lowest BCUT2D eigenvalue weighted by molar-refractivity contribution is -0.139. The van der Waals surface area contributed by atoms with Crippen LogP contribution in [0, 0.1) is 0 Å². The fourth-order valence-electron chi connectivity index (χ4n) is 1.58. The van der Waals surface area contributed by atoms with Crippen molar-refractivity contribution >= 4 is 29.6 Å². The monoisotopic (exact) mass is 316 g/mol. The van der Waals surface area contributed by atoms with Gasteiger partial charge in [0, 0.05) is 15.4 Å². The fourth-order valence-corrected chi connectivity index (χ4v) is 2.88. The van der Waals surface area contributed by atoms with Gasteiger partial charge in [-0.3, -0.25) is 4.79 Å². The van der Waals surface area contributed by atoms with Crippen LogP contribution in [0.1, 0.15) is 15.9 Å². The molecule has 6 heteroatoms. The van der Waals surface area contributed by atoms with E-state index in [-0.39, 0.29) is 9.92 Å². The van der Waals surface area contributed by atoms with E-state index in [4.69, 9.17) is 11.6 Å². The average Bonchev–Trinajstić information content (AvgIpc) is 2.38. The minimum Gasteiger partial charge on any atom is -0.298 e. The highest BCUT2D eigenvalue weighted by Gasteiger charge is 2.33. The molecule has 0 aliphatic carbocycles. The smallest absolute Gasteiger partial charge is 0.298 e. The van der Waals surface area contributed by atoms with E-state index in [1.807, 2.05) is 0 Å². The maximum Gasteiger partial charge on any atom is 0.417 e. The van der Waals surface area contributed by atoms with Crippen molar-refractivity contribution in [3.63, 3.8) is 0 Å². The molecule has 0 aliphatic rings. The van der Waals surface area contributed by atoms with Crippen LogP contribution in [0.5, 0.6) is 0 Å².